The number of likely N-dealkylation sites (tertiary alicyclic amines) is 1. The minimum Gasteiger partial charge on any atom is -0.380 e. The van der Waals surface area contributed by atoms with E-state index in [9.17, 15) is 4.79 Å². The standard InChI is InChI=1S/C16H21N3O2/c1-21-12-6-7-19(10-12)16(20)14(17)8-11-9-18-15-5-3-2-4-13(11)15/h2-5,9,12,14,18H,6-8,10,17H2,1H3. The highest BCUT2D eigenvalue weighted by Gasteiger charge is 2.29. The summed E-state index contributed by atoms with van der Waals surface area (Å²) in [6.45, 7) is 1.38. The zero-order chi connectivity index (χ0) is 14.8. The summed E-state index contributed by atoms with van der Waals surface area (Å²) in [5, 5.41) is 1.14. The van der Waals surface area contributed by atoms with Crippen molar-refractivity contribution in [3.8, 4) is 0 Å². The van der Waals surface area contributed by atoms with Crippen LogP contribution in [0.25, 0.3) is 10.9 Å². The number of carbonyl (C=O) groups excluding carboxylic acids is 1. The Morgan fingerprint density at radius 1 is 1.52 bits per heavy atom. The SMILES string of the molecule is COC1CCN(C(=O)C(N)Cc2c[nH]c3ccccc23)C1. The molecule has 3 N–H and O–H groups in total. The molecule has 0 saturated carbocycles. The van der Waals surface area contributed by atoms with E-state index in [4.69, 9.17) is 10.5 Å². The van der Waals surface area contributed by atoms with Gasteiger partial charge in [-0.05, 0) is 24.5 Å². The number of benzene rings is 1. The van der Waals surface area contributed by atoms with Crippen LogP contribution in [0.4, 0.5) is 0 Å². The molecule has 2 aromatic rings. The van der Waals surface area contributed by atoms with Gasteiger partial charge in [0.15, 0.2) is 0 Å². The first-order valence-electron chi connectivity index (χ1n) is 7.31. The normalized spacial score (nSPS) is 20.1. The lowest BCUT2D eigenvalue weighted by Gasteiger charge is -2.20. The van der Waals surface area contributed by atoms with E-state index in [0.29, 0.717) is 13.0 Å². The lowest BCUT2D eigenvalue weighted by atomic mass is 10.0. The molecule has 1 aliphatic rings. The summed E-state index contributed by atoms with van der Waals surface area (Å²) in [6.07, 6.45) is 3.54. The molecule has 1 saturated heterocycles. The number of carbonyl (C=O) groups is 1. The molecule has 21 heavy (non-hydrogen) atoms. The number of methoxy groups -OCH3 is 1. The van der Waals surface area contributed by atoms with Gasteiger partial charge in [0.2, 0.25) is 5.91 Å². The third-order valence-electron chi connectivity index (χ3n) is 4.22. The minimum atomic E-state index is -0.500. The van der Waals surface area contributed by atoms with Gasteiger partial charge in [-0.2, -0.15) is 0 Å². The Bertz CT molecular complexity index is 637. The van der Waals surface area contributed by atoms with E-state index >= 15 is 0 Å². The summed E-state index contributed by atoms with van der Waals surface area (Å²) in [5.74, 6) is 0.0137. The molecule has 0 radical (unpaired) electrons. The van der Waals surface area contributed by atoms with Gasteiger partial charge in [-0.25, -0.2) is 0 Å². The van der Waals surface area contributed by atoms with Crippen LogP contribution in [0.3, 0.4) is 0 Å². The van der Waals surface area contributed by atoms with Crippen molar-refractivity contribution >= 4 is 16.8 Å². The number of H-pyrrole nitrogens is 1. The van der Waals surface area contributed by atoms with Crippen molar-refractivity contribution in [1.29, 1.82) is 0 Å². The second-order valence-electron chi connectivity index (χ2n) is 5.60. The summed E-state index contributed by atoms with van der Waals surface area (Å²) in [7, 11) is 1.69. The highest BCUT2D eigenvalue weighted by Crippen LogP contribution is 2.20. The van der Waals surface area contributed by atoms with E-state index in [1.54, 1.807) is 7.11 Å². The zero-order valence-electron chi connectivity index (χ0n) is 12.2. The van der Waals surface area contributed by atoms with Gasteiger partial charge >= 0.3 is 0 Å². The molecule has 5 heteroatoms. The fourth-order valence-electron chi connectivity index (χ4n) is 2.98. The van der Waals surface area contributed by atoms with E-state index in [2.05, 4.69) is 11.1 Å². The molecule has 0 bridgehead atoms. The van der Waals surface area contributed by atoms with Crippen LogP contribution in [0.1, 0.15) is 12.0 Å². The summed E-state index contributed by atoms with van der Waals surface area (Å²) >= 11 is 0. The quantitative estimate of drug-likeness (QED) is 0.890. The molecule has 3 rings (SSSR count). The first kappa shape index (κ1) is 14.1. The summed E-state index contributed by atoms with van der Waals surface area (Å²) in [4.78, 5) is 17.4. The monoisotopic (exact) mass is 287 g/mol. The van der Waals surface area contributed by atoms with Crippen LogP contribution >= 0.6 is 0 Å². The Morgan fingerprint density at radius 2 is 2.33 bits per heavy atom. The van der Waals surface area contributed by atoms with Gasteiger partial charge in [-0.3, -0.25) is 4.79 Å². The first-order valence-corrected chi connectivity index (χ1v) is 7.31. The molecular weight excluding hydrogens is 266 g/mol. The Labute approximate surface area is 124 Å². The number of amides is 1. The predicted octanol–water partition coefficient (Wildman–Crippen LogP) is 1.28. The molecule has 2 atom stereocenters. The van der Waals surface area contributed by atoms with Crippen molar-refractivity contribution in [3.05, 3.63) is 36.0 Å². The Balaban J connectivity index is 1.68. The molecule has 1 aromatic carbocycles. The fraction of sp³-hybridized carbons (Fsp3) is 0.438. The van der Waals surface area contributed by atoms with E-state index < -0.39 is 6.04 Å². The number of fused-ring (bicyclic) bond motifs is 1. The van der Waals surface area contributed by atoms with Gasteiger partial charge in [-0.1, -0.05) is 18.2 Å². The number of hydrogen-bond acceptors (Lipinski definition) is 3. The van der Waals surface area contributed by atoms with Crippen molar-refractivity contribution in [3.63, 3.8) is 0 Å². The number of aromatic nitrogens is 1. The second-order valence-corrected chi connectivity index (χ2v) is 5.60. The van der Waals surface area contributed by atoms with Gasteiger partial charge in [0.05, 0.1) is 12.1 Å². The molecule has 5 nitrogen and oxygen atoms in total. The predicted molar refractivity (Wildman–Crippen MR) is 82.0 cm³/mol. The van der Waals surface area contributed by atoms with Crippen molar-refractivity contribution in [2.45, 2.75) is 25.0 Å². The van der Waals surface area contributed by atoms with Crippen LogP contribution in [0.5, 0.6) is 0 Å². The van der Waals surface area contributed by atoms with Crippen LogP contribution in [0.15, 0.2) is 30.5 Å². The number of aromatic amines is 1. The minimum absolute atomic E-state index is 0.0137. The molecule has 1 fully saturated rings. The molecule has 2 heterocycles. The van der Waals surface area contributed by atoms with Crippen molar-refractivity contribution < 1.29 is 9.53 Å². The molecule has 1 amide bonds. The zero-order valence-corrected chi connectivity index (χ0v) is 12.2. The fourth-order valence-corrected chi connectivity index (χ4v) is 2.98. The number of nitrogens with two attached hydrogens (primary N) is 1. The number of nitrogens with one attached hydrogen (secondary N) is 1. The molecular formula is C16H21N3O2. The topological polar surface area (TPSA) is 71.3 Å². The van der Waals surface area contributed by atoms with Crippen molar-refractivity contribution in [2.24, 2.45) is 5.73 Å². The second kappa shape index (κ2) is 5.87. The van der Waals surface area contributed by atoms with Gasteiger partial charge in [-0.15, -0.1) is 0 Å². The maximum atomic E-state index is 12.4. The van der Waals surface area contributed by atoms with E-state index in [-0.39, 0.29) is 12.0 Å². The molecule has 2 unspecified atom stereocenters. The van der Waals surface area contributed by atoms with Crippen LogP contribution in [0, 0.1) is 0 Å². The van der Waals surface area contributed by atoms with E-state index in [0.717, 1.165) is 29.4 Å². The molecule has 0 aliphatic carbocycles. The summed E-state index contributed by atoms with van der Waals surface area (Å²) in [6, 6.07) is 7.56. The third kappa shape index (κ3) is 2.80. The molecule has 0 spiro atoms. The number of nitrogens with zero attached hydrogens (tertiary/aromatic N) is 1. The number of hydrogen-bond donors (Lipinski definition) is 2. The van der Waals surface area contributed by atoms with Gasteiger partial charge in [0, 0.05) is 37.3 Å². The Hall–Kier alpha value is -1.85. The van der Waals surface area contributed by atoms with Crippen molar-refractivity contribution in [2.75, 3.05) is 20.2 Å². The first-order chi connectivity index (χ1) is 10.2. The average molecular weight is 287 g/mol. The third-order valence-corrected chi connectivity index (χ3v) is 4.22. The average Bonchev–Trinajstić information content (AvgIpc) is 3.14. The summed E-state index contributed by atoms with van der Waals surface area (Å²) < 4.78 is 5.30. The number of para-hydroxylation sites is 1. The Kier molecular flexibility index (Phi) is 3.94. The van der Waals surface area contributed by atoms with Crippen LogP contribution < -0.4 is 5.73 Å². The number of ether oxygens (including phenoxy) is 1. The Morgan fingerprint density at radius 3 is 3.10 bits per heavy atom. The van der Waals surface area contributed by atoms with E-state index in [1.807, 2.05) is 29.3 Å². The molecule has 1 aromatic heterocycles. The van der Waals surface area contributed by atoms with Crippen LogP contribution in [-0.2, 0) is 16.0 Å². The lowest BCUT2D eigenvalue weighted by Crippen LogP contribution is -2.44. The smallest absolute Gasteiger partial charge is 0.239 e. The largest absolute Gasteiger partial charge is 0.380 e. The van der Waals surface area contributed by atoms with Crippen LogP contribution in [-0.4, -0.2) is 48.1 Å². The van der Waals surface area contributed by atoms with Gasteiger partial charge in [0.1, 0.15) is 0 Å². The maximum Gasteiger partial charge on any atom is 0.239 e. The molecule has 1 aliphatic heterocycles. The lowest BCUT2D eigenvalue weighted by molar-refractivity contribution is -0.131. The molecule has 112 valence electrons. The summed E-state index contributed by atoms with van der Waals surface area (Å²) in [5.41, 5.74) is 8.29. The van der Waals surface area contributed by atoms with E-state index in [1.165, 1.54) is 0 Å². The highest BCUT2D eigenvalue weighted by atomic mass is 16.5. The van der Waals surface area contributed by atoms with Gasteiger partial charge < -0.3 is 20.4 Å². The number of rotatable bonds is 4. The van der Waals surface area contributed by atoms with Crippen LogP contribution in [0.2, 0.25) is 0 Å². The maximum absolute atomic E-state index is 12.4. The van der Waals surface area contributed by atoms with Gasteiger partial charge in [0.25, 0.3) is 0 Å². The van der Waals surface area contributed by atoms with Crippen molar-refractivity contribution in [1.82, 2.24) is 9.88 Å². The highest BCUT2D eigenvalue weighted by molar-refractivity contribution is 5.86.